The first-order valence-electron chi connectivity index (χ1n) is 13.0. The fourth-order valence-electron chi connectivity index (χ4n) is 4.18. The largest absolute Gasteiger partial charge is 0.255 e. The molecule has 0 saturated heterocycles. The van der Waals surface area contributed by atoms with Crippen LogP contribution in [-0.2, 0) is 46.1 Å². The Balaban J connectivity index is 0.00000544. The van der Waals surface area contributed by atoms with E-state index in [2.05, 4.69) is 71.0 Å². The van der Waals surface area contributed by atoms with Gasteiger partial charge in [0.05, 0.1) is 17.1 Å². The number of aryl methyl sites for hydroxylation is 4. The molecule has 0 aromatic heterocycles. The Labute approximate surface area is 217 Å². The van der Waals surface area contributed by atoms with E-state index in [1.54, 1.807) is 0 Å². The molecule has 0 saturated carbocycles. The summed E-state index contributed by atoms with van der Waals surface area (Å²) in [5.41, 5.74) is 8.84. The fourth-order valence-corrected chi connectivity index (χ4v) is 4.18. The van der Waals surface area contributed by atoms with Crippen LogP contribution in [0.3, 0.4) is 0 Å². The van der Waals surface area contributed by atoms with Crippen molar-refractivity contribution in [2.45, 2.75) is 105 Å². The molecular formula is C30H44N2Pd. The van der Waals surface area contributed by atoms with Crippen LogP contribution in [0.1, 0.15) is 102 Å². The van der Waals surface area contributed by atoms with Crippen LogP contribution in [0.25, 0.3) is 0 Å². The number of nitrogens with zero attached hydrogens (tertiary/aromatic N) is 2. The first-order valence-corrected chi connectivity index (χ1v) is 13.0. The molecule has 0 aliphatic rings. The Morgan fingerprint density at radius 1 is 0.606 bits per heavy atom. The molecule has 33 heavy (non-hydrogen) atoms. The first-order chi connectivity index (χ1) is 15.6. The standard InChI is InChI=1S/C30H44N2.Pd/c1-6-11-16-28(32-30-21-26(14-9-4)18-27(22-30)15-10-5)23-31-29-19-24(12-7-2)17-25(20-29)13-8-3;/h17-23H,6-16H2,1-5H3;. The Morgan fingerprint density at radius 3 is 1.42 bits per heavy atom. The Kier molecular flexibility index (Phi) is 15.2. The van der Waals surface area contributed by atoms with E-state index >= 15 is 0 Å². The van der Waals surface area contributed by atoms with Gasteiger partial charge in [-0.3, -0.25) is 9.98 Å². The Morgan fingerprint density at radius 2 is 1.03 bits per heavy atom. The summed E-state index contributed by atoms with van der Waals surface area (Å²) in [6.07, 6.45) is 14.4. The molecule has 3 heteroatoms. The zero-order valence-corrected chi connectivity index (χ0v) is 23.1. The number of hydrogen-bond donors (Lipinski definition) is 0. The topological polar surface area (TPSA) is 24.7 Å². The average molecular weight is 539 g/mol. The second-order valence-electron chi connectivity index (χ2n) is 8.98. The summed E-state index contributed by atoms with van der Waals surface area (Å²) < 4.78 is 0. The monoisotopic (exact) mass is 538 g/mol. The van der Waals surface area contributed by atoms with Crippen LogP contribution in [0.15, 0.2) is 46.4 Å². The third-order valence-corrected chi connectivity index (χ3v) is 5.65. The molecule has 2 aromatic carbocycles. The quantitative estimate of drug-likeness (QED) is 0.169. The van der Waals surface area contributed by atoms with Crippen LogP contribution in [0.2, 0.25) is 0 Å². The predicted molar refractivity (Wildman–Crippen MR) is 144 cm³/mol. The maximum absolute atomic E-state index is 5.08. The van der Waals surface area contributed by atoms with Crippen molar-refractivity contribution in [2.24, 2.45) is 9.98 Å². The third kappa shape index (κ3) is 10.9. The number of rotatable bonds is 14. The van der Waals surface area contributed by atoms with Crippen LogP contribution in [-0.4, -0.2) is 11.9 Å². The number of benzene rings is 2. The van der Waals surface area contributed by atoms with E-state index in [1.807, 2.05) is 6.21 Å². The molecule has 0 unspecified atom stereocenters. The summed E-state index contributed by atoms with van der Waals surface area (Å²) in [6, 6.07) is 13.7. The Hall–Kier alpha value is -1.56. The number of hydrogen-bond acceptors (Lipinski definition) is 2. The molecule has 0 N–H and O–H groups in total. The van der Waals surface area contributed by atoms with Gasteiger partial charge in [-0.15, -0.1) is 0 Å². The minimum absolute atomic E-state index is 0. The zero-order valence-electron chi connectivity index (χ0n) is 21.5. The van der Waals surface area contributed by atoms with Crippen molar-refractivity contribution < 1.29 is 20.4 Å². The molecule has 0 atom stereocenters. The minimum Gasteiger partial charge on any atom is -0.255 e. The third-order valence-electron chi connectivity index (χ3n) is 5.65. The molecule has 0 aliphatic carbocycles. The van der Waals surface area contributed by atoms with Gasteiger partial charge in [-0.05, 0) is 85.0 Å². The van der Waals surface area contributed by atoms with Crippen molar-refractivity contribution >= 4 is 23.3 Å². The summed E-state index contributed by atoms with van der Waals surface area (Å²) in [7, 11) is 0. The van der Waals surface area contributed by atoms with Crippen molar-refractivity contribution in [2.75, 3.05) is 0 Å². The van der Waals surface area contributed by atoms with Gasteiger partial charge in [-0.1, -0.05) is 78.9 Å². The molecule has 0 amide bonds. The summed E-state index contributed by atoms with van der Waals surface area (Å²) in [5, 5.41) is 0. The van der Waals surface area contributed by atoms with E-state index in [-0.39, 0.29) is 20.4 Å². The normalized spacial score (nSPS) is 11.7. The zero-order chi connectivity index (χ0) is 23.2. The van der Waals surface area contributed by atoms with Crippen LogP contribution in [0.5, 0.6) is 0 Å². The molecule has 0 heterocycles. The predicted octanol–water partition coefficient (Wildman–Crippen LogP) is 9.16. The van der Waals surface area contributed by atoms with Gasteiger partial charge in [0.1, 0.15) is 0 Å². The van der Waals surface area contributed by atoms with E-state index in [1.165, 1.54) is 22.3 Å². The molecule has 0 radical (unpaired) electrons. The van der Waals surface area contributed by atoms with Gasteiger partial charge in [-0.25, -0.2) is 0 Å². The molecule has 0 spiro atoms. The van der Waals surface area contributed by atoms with E-state index in [9.17, 15) is 0 Å². The molecule has 0 fully saturated rings. The van der Waals surface area contributed by atoms with Gasteiger partial charge >= 0.3 is 0 Å². The number of unbranched alkanes of at least 4 members (excludes halogenated alkanes) is 1. The maximum Gasteiger partial charge on any atom is 0.0639 e. The van der Waals surface area contributed by atoms with Crippen molar-refractivity contribution in [1.82, 2.24) is 0 Å². The van der Waals surface area contributed by atoms with Crippen molar-refractivity contribution in [3.8, 4) is 0 Å². The van der Waals surface area contributed by atoms with Crippen LogP contribution in [0.4, 0.5) is 11.4 Å². The van der Waals surface area contributed by atoms with Crippen LogP contribution >= 0.6 is 0 Å². The van der Waals surface area contributed by atoms with Crippen molar-refractivity contribution in [1.29, 1.82) is 0 Å². The minimum atomic E-state index is 0. The first kappa shape index (κ1) is 29.5. The van der Waals surface area contributed by atoms with Gasteiger partial charge in [-0.2, -0.15) is 0 Å². The van der Waals surface area contributed by atoms with E-state index in [4.69, 9.17) is 9.98 Å². The van der Waals surface area contributed by atoms with E-state index < -0.39 is 0 Å². The smallest absolute Gasteiger partial charge is 0.0639 e. The van der Waals surface area contributed by atoms with Gasteiger partial charge in [0.15, 0.2) is 0 Å². The molecule has 184 valence electrons. The second kappa shape index (κ2) is 17.0. The molecule has 0 aliphatic heterocycles. The summed E-state index contributed by atoms with van der Waals surface area (Å²) in [6.45, 7) is 11.2. The molecule has 2 rings (SSSR count). The van der Waals surface area contributed by atoms with Crippen molar-refractivity contribution in [3.63, 3.8) is 0 Å². The molecule has 2 aromatic rings. The Bertz CT molecular complexity index is 834. The van der Waals surface area contributed by atoms with Crippen molar-refractivity contribution in [3.05, 3.63) is 58.7 Å². The summed E-state index contributed by atoms with van der Waals surface area (Å²) in [4.78, 5) is 9.99. The summed E-state index contributed by atoms with van der Waals surface area (Å²) in [5.74, 6) is 0. The molecule has 0 bridgehead atoms. The maximum atomic E-state index is 5.08. The van der Waals surface area contributed by atoms with E-state index in [0.29, 0.717) is 0 Å². The van der Waals surface area contributed by atoms with Gasteiger partial charge < -0.3 is 0 Å². The average Bonchev–Trinajstić information content (AvgIpc) is 2.76. The summed E-state index contributed by atoms with van der Waals surface area (Å²) >= 11 is 0. The van der Waals surface area contributed by atoms with Gasteiger partial charge in [0, 0.05) is 26.6 Å². The number of aliphatic imine (C=N–C) groups is 2. The van der Waals surface area contributed by atoms with Crippen LogP contribution < -0.4 is 0 Å². The van der Waals surface area contributed by atoms with Gasteiger partial charge in [0.2, 0.25) is 0 Å². The molecular weight excluding hydrogens is 495 g/mol. The van der Waals surface area contributed by atoms with Crippen LogP contribution in [0, 0.1) is 0 Å². The molecule has 2 nitrogen and oxygen atoms in total. The fraction of sp³-hybridized carbons (Fsp3) is 0.533. The van der Waals surface area contributed by atoms with Gasteiger partial charge in [0.25, 0.3) is 0 Å². The SMILES string of the molecule is CCCCC(C=Nc1cc(CCC)cc(CCC)c1)=Nc1cc(CCC)cc(CCC)c1.[Pd]. The van der Waals surface area contributed by atoms with E-state index in [0.717, 1.165) is 87.7 Å². The second-order valence-corrected chi connectivity index (χ2v) is 8.98.